The minimum absolute atomic E-state index is 0.00395. The molecule has 4 aliphatic rings. The summed E-state index contributed by atoms with van der Waals surface area (Å²) < 4.78 is 88.2. The van der Waals surface area contributed by atoms with E-state index in [1.807, 2.05) is 66.1 Å². The molecule has 4 heterocycles. The average molecular weight is 959 g/mol. The maximum atomic E-state index is 13.0. The standard InChI is InChI=1S/C49H55N3O13S2/c1-33-32-48(2,3)51(23-24-63-26-25-62-5)41-31-43-38(30-37(33)41)35(28-42(64-43)34-12-7-6-8-13-34)14-9-15-44-49(4,21-10-16-47(55)65-52-45(53)19-20-46(52)54)39-29-36(67(59,60)61)17-18-40(39)50(44)22-11-27-66(56,57)58/h6-9,12-15,17-18,28-32H,10-11,16,19-27H2,1-5H3,(H-,56,57,58,59,60,61)/p+1. The van der Waals surface area contributed by atoms with E-state index in [2.05, 4.69) is 43.9 Å². The van der Waals surface area contributed by atoms with Gasteiger partial charge in [-0.2, -0.15) is 21.4 Å². The zero-order valence-electron chi connectivity index (χ0n) is 38.2. The van der Waals surface area contributed by atoms with Gasteiger partial charge in [-0.15, -0.1) is 5.06 Å². The van der Waals surface area contributed by atoms with Crippen LogP contribution in [0.3, 0.4) is 0 Å². The third-order valence-corrected chi connectivity index (χ3v) is 14.1. The lowest BCUT2D eigenvalue weighted by Crippen LogP contribution is -2.46. The molecule has 1 fully saturated rings. The van der Waals surface area contributed by atoms with Gasteiger partial charge in [0.2, 0.25) is 5.69 Å². The fourth-order valence-corrected chi connectivity index (χ4v) is 10.2. The Kier molecular flexibility index (Phi) is 14.6. The van der Waals surface area contributed by atoms with Crippen molar-refractivity contribution in [2.75, 3.05) is 50.7 Å². The van der Waals surface area contributed by atoms with Crippen LogP contribution in [0.4, 0.5) is 11.4 Å². The summed E-state index contributed by atoms with van der Waals surface area (Å²) in [5, 5.41) is 0.481. The van der Waals surface area contributed by atoms with Crippen LogP contribution in [0.15, 0.2) is 95.9 Å². The molecule has 7 rings (SSSR count). The number of hydroxylamine groups is 2. The van der Waals surface area contributed by atoms with Gasteiger partial charge in [-0.3, -0.25) is 18.7 Å². The Morgan fingerprint density at radius 1 is 0.925 bits per heavy atom. The van der Waals surface area contributed by atoms with E-state index in [1.165, 1.54) is 18.2 Å². The number of rotatable bonds is 19. The molecule has 3 aromatic rings. The van der Waals surface area contributed by atoms with E-state index < -0.39 is 49.2 Å². The Morgan fingerprint density at radius 3 is 2.34 bits per heavy atom. The molecule has 2 N–H and O–H groups in total. The first kappa shape index (κ1) is 49.2. The summed E-state index contributed by atoms with van der Waals surface area (Å²) in [7, 11) is -7.37. The van der Waals surface area contributed by atoms with Crippen molar-refractivity contribution in [3.8, 4) is 5.75 Å². The highest BCUT2D eigenvalue weighted by molar-refractivity contribution is 7.86. The number of imide groups is 1. The number of benzene rings is 3. The van der Waals surface area contributed by atoms with E-state index in [0.717, 1.165) is 33.5 Å². The molecule has 3 aromatic carbocycles. The number of hydrogen-bond acceptors (Lipinski definition) is 12. The van der Waals surface area contributed by atoms with Crippen molar-refractivity contribution < 1.29 is 63.9 Å². The summed E-state index contributed by atoms with van der Waals surface area (Å²) in [5.74, 6) is -1.33. The summed E-state index contributed by atoms with van der Waals surface area (Å²) >= 11 is 0. The Balaban J connectivity index is 1.31. The number of allylic oxidation sites excluding steroid dienone is 6. The fraction of sp³-hybridized carbons (Fsp3) is 0.388. The van der Waals surface area contributed by atoms with Crippen LogP contribution in [0, 0.1) is 0 Å². The number of nitrogens with zero attached hydrogens (tertiary/aromatic N) is 3. The van der Waals surface area contributed by atoms with Gasteiger partial charge >= 0.3 is 5.97 Å². The smallest absolute Gasteiger partial charge is 0.333 e. The maximum absolute atomic E-state index is 13.0. The third kappa shape index (κ3) is 11.0. The van der Waals surface area contributed by atoms with E-state index in [-0.39, 0.29) is 55.5 Å². The SMILES string of the molecule is COCCOCCN1c2cc3c(cc2C(C)=CC1(C)C)/C(=C/C=C/C1=[N+](CCCS(=O)(=O)O)c2ccc(S(=O)(=O)O)cc2C1(C)CCCC(=O)ON1C(=O)CCC1=O)C=C(c1ccccc1)O3. The highest BCUT2D eigenvalue weighted by Crippen LogP contribution is 2.48. The van der Waals surface area contributed by atoms with Crippen molar-refractivity contribution in [3.05, 3.63) is 113 Å². The largest absolute Gasteiger partial charge is 0.456 e. The van der Waals surface area contributed by atoms with Gasteiger partial charge < -0.3 is 23.9 Å². The Morgan fingerprint density at radius 2 is 1.66 bits per heavy atom. The number of carbonyl (C=O) groups is 3. The number of methoxy groups -OCH3 is 1. The maximum Gasteiger partial charge on any atom is 0.333 e. The molecular weight excluding hydrogens is 903 g/mol. The van der Waals surface area contributed by atoms with Crippen LogP contribution >= 0.6 is 0 Å². The molecule has 0 bridgehead atoms. The van der Waals surface area contributed by atoms with Crippen molar-refractivity contribution in [1.82, 2.24) is 5.06 Å². The first-order chi connectivity index (χ1) is 31.7. The van der Waals surface area contributed by atoms with Crippen LogP contribution < -0.4 is 9.64 Å². The number of amides is 2. The minimum Gasteiger partial charge on any atom is -0.456 e. The molecule has 67 heavy (non-hydrogen) atoms. The van der Waals surface area contributed by atoms with Gasteiger partial charge in [0.1, 0.15) is 18.1 Å². The molecule has 16 nitrogen and oxygen atoms in total. The van der Waals surface area contributed by atoms with E-state index in [1.54, 1.807) is 7.11 Å². The van der Waals surface area contributed by atoms with E-state index in [0.29, 0.717) is 59.9 Å². The van der Waals surface area contributed by atoms with Gasteiger partial charge in [0.05, 0.1) is 41.4 Å². The second kappa shape index (κ2) is 19.8. The normalized spacial score (nSPS) is 19.7. The number of ether oxygens (including phenoxy) is 3. The summed E-state index contributed by atoms with van der Waals surface area (Å²) in [6.07, 6.45) is 9.83. The fourth-order valence-electron chi connectivity index (χ4n) is 9.21. The summed E-state index contributed by atoms with van der Waals surface area (Å²) in [5.41, 5.74) is 5.81. The first-order valence-corrected chi connectivity index (χ1v) is 25.1. The molecular formula is C49H56N3O13S2+. The van der Waals surface area contributed by atoms with Gasteiger partial charge in [-0.05, 0) is 76.0 Å². The Labute approximate surface area is 391 Å². The highest BCUT2D eigenvalue weighted by atomic mass is 32.2. The second-order valence-corrected chi connectivity index (χ2v) is 20.6. The molecule has 1 unspecified atom stereocenters. The zero-order chi connectivity index (χ0) is 48.3. The van der Waals surface area contributed by atoms with Crippen molar-refractivity contribution >= 4 is 72.0 Å². The Bertz CT molecular complexity index is 2830. The lowest BCUT2D eigenvalue weighted by atomic mass is 9.75. The van der Waals surface area contributed by atoms with Gasteiger partial charge in [0.25, 0.3) is 32.1 Å². The molecule has 2 amide bonds. The van der Waals surface area contributed by atoms with Crippen molar-refractivity contribution in [1.29, 1.82) is 0 Å². The topological polar surface area (TPSA) is 206 Å². The minimum atomic E-state index is -4.67. The second-order valence-electron chi connectivity index (χ2n) is 17.6. The first-order valence-electron chi connectivity index (χ1n) is 22.0. The van der Waals surface area contributed by atoms with E-state index in [4.69, 9.17) is 19.0 Å². The number of carbonyl (C=O) groups excluding carboxylic acids is 3. The Hall–Kier alpha value is -5.76. The van der Waals surface area contributed by atoms with Crippen molar-refractivity contribution in [3.63, 3.8) is 0 Å². The van der Waals surface area contributed by atoms with Gasteiger partial charge in [-0.1, -0.05) is 48.6 Å². The molecule has 0 aromatic heterocycles. The van der Waals surface area contributed by atoms with E-state index in [9.17, 15) is 40.3 Å². The lowest BCUT2D eigenvalue weighted by Gasteiger charge is -2.44. The molecule has 18 heteroatoms. The lowest BCUT2D eigenvalue weighted by molar-refractivity contribution is -0.437. The summed E-state index contributed by atoms with van der Waals surface area (Å²) in [6.45, 7) is 10.4. The van der Waals surface area contributed by atoms with Crippen molar-refractivity contribution in [2.45, 2.75) is 82.1 Å². The van der Waals surface area contributed by atoms with Crippen LogP contribution in [0.1, 0.15) is 88.5 Å². The van der Waals surface area contributed by atoms with Crippen LogP contribution in [0.25, 0.3) is 16.9 Å². The monoisotopic (exact) mass is 958 g/mol. The zero-order valence-corrected chi connectivity index (χ0v) is 39.8. The quantitative estimate of drug-likeness (QED) is 0.0533. The van der Waals surface area contributed by atoms with Crippen LogP contribution in [-0.4, -0.2) is 110 Å². The molecule has 0 radical (unpaired) electrons. The van der Waals surface area contributed by atoms with Gasteiger partial charge in [0, 0.05) is 85.5 Å². The molecule has 356 valence electrons. The van der Waals surface area contributed by atoms with Crippen LogP contribution in [-0.2, 0) is 54.3 Å². The molecule has 0 aliphatic carbocycles. The van der Waals surface area contributed by atoms with Gasteiger partial charge in [-0.25, -0.2) is 4.79 Å². The molecule has 1 saturated heterocycles. The van der Waals surface area contributed by atoms with Crippen LogP contribution in [0.2, 0.25) is 0 Å². The van der Waals surface area contributed by atoms with Crippen molar-refractivity contribution in [2.24, 2.45) is 0 Å². The third-order valence-electron chi connectivity index (χ3n) is 12.4. The highest BCUT2D eigenvalue weighted by Gasteiger charge is 2.48. The van der Waals surface area contributed by atoms with Gasteiger partial charge in [0.15, 0.2) is 5.71 Å². The predicted octanol–water partition coefficient (Wildman–Crippen LogP) is 7.08. The molecule has 0 saturated carbocycles. The number of anilines is 1. The molecule has 4 aliphatic heterocycles. The average Bonchev–Trinajstić information content (AvgIpc) is 3.70. The van der Waals surface area contributed by atoms with E-state index >= 15 is 0 Å². The number of hydrogen-bond donors (Lipinski definition) is 2. The number of fused-ring (bicyclic) bond motifs is 3. The van der Waals surface area contributed by atoms with Crippen LogP contribution in [0.5, 0.6) is 5.75 Å². The molecule has 0 spiro atoms. The predicted molar refractivity (Wildman–Crippen MR) is 252 cm³/mol. The summed E-state index contributed by atoms with van der Waals surface area (Å²) in [6, 6.07) is 18.0. The summed E-state index contributed by atoms with van der Waals surface area (Å²) in [4.78, 5) is 44.3. The molecule has 1 atom stereocenters.